The number of carbonyl (C=O) groups is 1. The normalized spacial score (nSPS) is 11.0. The van der Waals surface area contributed by atoms with Gasteiger partial charge >= 0.3 is 0 Å². The highest BCUT2D eigenvalue weighted by molar-refractivity contribution is 8.00. The first-order valence-electron chi connectivity index (χ1n) is 8.55. The molecule has 3 heterocycles. The van der Waals surface area contributed by atoms with Crippen molar-refractivity contribution in [3.05, 3.63) is 63.8 Å². The number of nitrogens with zero attached hydrogens (tertiary/aromatic N) is 3. The molecule has 5 nitrogen and oxygen atoms in total. The van der Waals surface area contributed by atoms with Crippen LogP contribution < -0.4 is 5.32 Å². The quantitative estimate of drug-likeness (QED) is 0.287. The summed E-state index contributed by atoms with van der Waals surface area (Å²) in [6.45, 7) is 1.77. The predicted octanol–water partition coefficient (Wildman–Crippen LogP) is 6.10. The van der Waals surface area contributed by atoms with E-state index in [0.717, 1.165) is 26.4 Å². The van der Waals surface area contributed by atoms with E-state index in [-0.39, 0.29) is 11.7 Å². The Kier molecular flexibility index (Phi) is 6.01. The summed E-state index contributed by atoms with van der Waals surface area (Å²) in [5.41, 5.74) is 2.83. The zero-order chi connectivity index (χ0) is 20.4. The molecule has 29 heavy (non-hydrogen) atoms. The van der Waals surface area contributed by atoms with E-state index in [2.05, 4.69) is 25.6 Å². The second-order valence-corrected chi connectivity index (χ2v) is 8.71. The van der Waals surface area contributed by atoms with E-state index < -0.39 is 0 Å². The van der Waals surface area contributed by atoms with Crippen LogP contribution in [0.25, 0.3) is 21.3 Å². The molecule has 0 aliphatic heterocycles. The summed E-state index contributed by atoms with van der Waals surface area (Å²) < 4.78 is 0. The van der Waals surface area contributed by atoms with E-state index >= 15 is 0 Å². The number of pyridine rings is 1. The summed E-state index contributed by atoms with van der Waals surface area (Å²) in [5.74, 6) is 0.234. The second kappa shape index (κ2) is 8.67. The first kappa shape index (κ1) is 20.1. The van der Waals surface area contributed by atoms with Crippen LogP contribution in [0.4, 0.5) is 5.82 Å². The summed E-state index contributed by atoms with van der Waals surface area (Å²) in [5, 5.41) is 7.31. The van der Waals surface area contributed by atoms with Gasteiger partial charge in [-0.25, -0.2) is 15.0 Å². The summed E-state index contributed by atoms with van der Waals surface area (Å²) >= 11 is 15.1. The van der Waals surface area contributed by atoms with Crippen molar-refractivity contribution >= 4 is 68.2 Å². The number of fused-ring (bicyclic) bond motifs is 1. The van der Waals surface area contributed by atoms with Crippen LogP contribution in [0.15, 0.2) is 53.3 Å². The van der Waals surface area contributed by atoms with Gasteiger partial charge < -0.3 is 5.32 Å². The minimum atomic E-state index is -0.227. The molecule has 4 aromatic rings. The van der Waals surface area contributed by atoms with Crippen molar-refractivity contribution in [2.24, 2.45) is 0 Å². The molecule has 0 atom stereocenters. The SMILES string of the molecule is Cc1c(Cl)cnc(NC(=O)CSc2ncnc3scc(-c4ccccc4)c23)c1Cl. The summed E-state index contributed by atoms with van der Waals surface area (Å²) in [6, 6.07) is 10.1. The third-order valence-electron chi connectivity index (χ3n) is 4.22. The van der Waals surface area contributed by atoms with Crippen LogP contribution in [0, 0.1) is 6.92 Å². The summed E-state index contributed by atoms with van der Waals surface area (Å²) in [7, 11) is 0. The topological polar surface area (TPSA) is 67.8 Å². The molecular weight excluding hydrogens is 447 g/mol. The van der Waals surface area contributed by atoms with Crippen molar-refractivity contribution in [2.45, 2.75) is 11.9 Å². The Balaban J connectivity index is 1.55. The largest absolute Gasteiger partial charge is 0.309 e. The van der Waals surface area contributed by atoms with Crippen LogP contribution >= 0.6 is 46.3 Å². The fourth-order valence-electron chi connectivity index (χ4n) is 2.73. The monoisotopic (exact) mass is 460 g/mol. The molecule has 0 fully saturated rings. The fraction of sp³-hybridized carbons (Fsp3) is 0.100. The van der Waals surface area contributed by atoms with Crippen LogP contribution in [0.5, 0.6) is 0 Å². The molecule has 0 radical (unpaired) electrons. The number of carbonyl (C=O) groups excluding carboxylic acids is 1. The lowest BCUT2D eigenvalue weighted by molar-refractivity contribution is -0.113. The molecule has 3 aromatic heterocycles. The van der Waals surface area contributed by atoms with Crippen molar-refractivity contribution in [1.82, 2.24) is 15.0 Å². The van der Waals surface area contributed by atoms with E-state index in [0.29, 0.717) is 21.4 Å². The zero-order valence-corrected chi connectivity index (χ0v) is 18.3. The third-order valence-corrected chi connectivity index (χ3v) is 6.94. The van der Waals surface area contributed by atoms with E-state index in [1.54, 1.807) is 18.3 Å². The molecule has 0 saturated heterocycles. The molecule has 1 aromatic carbocycles. The number of nitrogens with one attached hydrogen (secondary N) is 1. The van der Waals surface area contributed by atoms with Crippen LogP contribution in [-0.4, -0.2) is 26.6 Å². The van der Waals surface area contributed by atoms with Crippen molar-refractivity contribution < 1.29 is 4.79 Å². The number of hydrogen-bond acceptors (Lipinski definition) is 6. The number of rotatable bonds is 5. The Morgan fingerprint density at radius 1 is 1.17 bits per heavy atom. The Morgan fingerprint density at radius 3 is 2.76 bits per heavy atom. The first-order chi connectivity index (χ1) is 14.0. The van der Waals surface area contributed by atoms with Gasteiger partial charge in [-0.3, -0.25) is 4.79 Å². The number of thiophene rings is 1. The summed E-state index contributed by atoms with van der Waals surface area (Å²) in [6.07, 6.45) is 2.99. The maximum atomic E-state index is 12.5. The number of thioether (sulfide) groups is 1. The zero-order valence-electron chi connectivity index (χ0n) is 15.1. The van der Waals surface area contributed by atoms with Gasteiger partial charge in [-0.15, -0.1) is 11.3 Å². The molecule has 0 bridgehead atoms. The highest BCUT2D eigenvalue weighted by Crippen LogP contribution is 2.37. The minimum absolute atomic E-state index is 0.163. The smallest absolute Gasteiger partial charge is 0.235 e. The Morgan fingerprint density at radius 2 is 1.97 bits per heavy atom. The fourth-order valence-corrected chi connectivity index (χ4v) is 4.92. The van der Waals surface area contributed by atoms with Gasteiger partial charge in [0.2, 0.25) is 5.91 Å². The molecule has 0 spiro atoms. The van der Waals surface area contributed by atoms with Gasteiger partial charge in [0.1, 0.15) is 16.2 Å². The molecule has 4 rings (SSSR count). The molecule has 0 saturated carbocycles. The van der Waals surface area contributed by atoms with Gasteiger partial charge in [-0.05, 0) is 18.1 Å². The number of halogens is 2. The molecule has 146 valence electrons. The number of anilines is 1. The Hall–Kier alpha value is -2.19. The van der Waals surface area contributed by atoms with E-state index in [9.17, 15) is 4.79 Å². The standard InChI is InChI=1S/C20H14Cl2N4OS2/c1-11-14(21)7-23-18(17(11)22)26-15(27)9-29-20-16-13(12-5-3-2-4-6-12)8-28-19(16)24-10-25-20/h2-8,10H,9H2,1H3,(H,23,26,27). The average Bonchev–Trinajstić information content (AvgIpc) is 3.18. The van der Waals surface area contributed by atoms with Gasteiger partial charge in [0.15, 0.2) is 5.82 Å². The van der Waals surface area contributed by atoms with Gasteiger partial charge in [0.05, 0.1) is 21.2 Å². The average molecular weight is 461 g/mol. The lowest BCUT2D eigenvalue weighted by Crippen LogP contribution is -2.15. The molecule has 1 amide bonds. The number of amides is 1. The maximum absolute atomic E-state index is 12.5. The highest BCUT2D eigenvalue weighted by atomic mass is 35.5. The van der Waals surface area contributed by atoms with Crippen molar-refractivity contribution in [2.75, 3.05) is 11.1 Å². The lowest BCUT2D eigenvalue weighted by atomic mass is 10.1. The van der Waals surface area contributed by atoms with Gasteiger partial charge in [0.25, 0.3) is 0 Å². The van der Waals surface area contributed by atoms with Crippen LogP contribution in [-0.2, 0) is 4.79 Å². The van der Waals surface area contributed by atoms with Gasteiger partial charge in [-0.2, -0.15) is 0 Å². The molecule has 0 aliphatic rings. The predicted molar refractivity (Wildman–Crippen MR) is 121 cm³/mol. The summed E-state index contributed by atoms with van der Waals surface area (Å²) in [4.78, 5) is 26.2. The van der Waals surface area contributed by atoms with Crippen LogP contribution in [0.2, 0.25) is 10.0 Å². The first-order valence-corrected chi connectivity index (χ1v) is 11.2. The molecule has 0 unspecified atom stereocenters. The Labute approximate surface area is 185 Å². The van der Waals surface area contributed by atoms with Crippen molar-refractivity contribution in [3.63, 3.8) is 0 Å². The second-order valence-electron chi connectivity index (χ2n) is 6.10. The van der Waals surface area contributed by atoms with Crippen molar-refractivity contribution in [3.8, 4) is 11.1 Å². The van der Waals surface area contributed by atoms with E-state index in [1.165, 1.54) is 24.3 Å². The molecule has 0 aliphatic carbocycles. The number of aromatic nitrogens is 3. The molecule has 1 N–H and O–H groups in total. The highest BCUT2D eigenvalue weighted by Gasteiger charge is 2.16. The Bertz CT molecular complexity index is 1200. The van der Waals surface area contributed by atoms with Gasteiger partial charge in [-0.1, -0.05) is 65.3 Å². The number of benzene rings is 1. The number of hydrogen-bond donors (Lipinski definition) is 1. The maximum Gasteiger partial charge on any atom is 0.235 e. The van der Waals surface area contributed by atoms with Gasteiger partial charge in [0, 0.05) is 17.1 Å². The third kappa shape index (κ3) is 4.23. The van der Waals surface area contributed by atoms with Crippen LogP contribution in [0.3, 0.4) is 0 Å². The lowest BCUT2D eigenvalue weighted by Gasteiger charge is -2.09. The van der Waals surface area contributed by atoms with E-state index in [4.69, 9.17) is 23.2 Å². The molecule has 9 heteroatoms. The minimum Gasteiger partial charge on any atom is -0.309 e. The van der Waals surface area contributed by atoms with Crippen LogP contribution in [0.1, 0.15) is 5.56 Å². The molecular formula is C20H14Cl2N4OS2. The van der Waals surface area contributed by atoms with E-state index in [1.807, 2.05) is 30.3 Å². The van der Waals surface area contributed by atoms with Crippen molar-refractivity contribution in [1.29, 1.82) is 0 Å².